The van der Waals surface area contributed by atoms with Gasteiger partial charge in [-0.15, -0.1) is 11.8 Å². The van der Waals surface area contributed by atoms with Crippen LogP contribution in [0.4, 0.5) is 5.82 Å². The topological polar surface area (TPSA) is 78.7 Å². The van der Waals surface area contributed by atoms with Crippen LogP contribution in [0.15, 0.2) is 46.6 Å². The van der Waals surface area contributed by atoms with E-state index in [-0.39, 0.29) is 23.4 Å². The number of rotatable bonds is 3. The van der Waals surface area contributed by atoms with Crippen molar-refractivity contribution in [3.05, 3.63) is 57.4 Å². The van der Waals surface area contributed by atoms with Gasteiger partial charge in [-0.05, 0) is 37.3 Å². The lowest BCUT2D eigenvalue weighted by Crippen LogP contribution is -2.54. The van der Waals surface area contributed by atoms with Crippen molar-refractivity contribution in [2.75, 3.05) is 30.3 Å². The molecule has 176 valence electrons. The van der Waals surface area contributed by atoms with Crippen molar-refractivity contribution in [1.29, 1.82) is 0 Å². The molecule has 0 bridgehead atoms. The van der Waals surface area contributed by atoms with Crippen LogP contribution < -0.4 is 10.6 Å². The Morgan fingerprint density at radius 1 is 1.24 bits per heavy atom. The van der Waals surface area contributed by atoms with Crippen LogP contribution >= 0.6 is 35.0 Å². The molecular formula is C24H22Cl2N4O3S. The largest absolute Gasteiger partial charge is 0.508 e. The third kappa shape index (κ3) is 3.74. The van der Waals surface area contributed by atoms with E-state index in [0.717, 1.165) is 15.8 Å². The van der Waals surface area contributed by atoms with E-state index in [0.29, 0.717) is 58.9 Å². The lowest BCUT2D eigenvalue weighted by molar-refractivity contribution is -0.126. The first-order chi connectivity index (χ1) is 16.3. The smallest absolute Gasteiger partial charge is 0.350 e. The van der Waals surface area contributed by atoms with Gasteiger partial charge in [-0.3, -0.25) is 9.36 Å². The Hall–Kier alpha value is -2.68. The van der Waals surface area contributed by atoms with E-state index in [4.69, 9.17) is 23.2 Å². The molecule has 1 atom stereocenters. The molecule has 2 aliphatic heterocycles. The third-order valence-electron chi connectivity index (χ3n) is 6.32. The SMILES string of the molecule is C=CC(=O)N1CCN(c2nc(=O)n3c4c(c(-c5cc(O)ccc5Cl)c(Cl)cc24)SCC3)[C@@H](C)C1. The second-order valence-electron chi connectivity index (χ2n) is 8.37. The molecule has 1 fully saturated rings. The van der Waals surface area contributed by atoms with E-state index in [2.05, 4.69) is 16.5 Å². The lowest BCUT2D eigenvalue weighted by atomic mass is 10.0. The van der Waals surface area contributed by atoms with Crippen LogP contribution in [0.5, 0.6) is 5.75 Å². The summed E-state index contributed by atoms with van der Waals surface area (Å²) in [5.74, 6) is 1.22. The van der Waals surface area contributed by atoms with E-state index < -0.39 is 0 Å². The number of hydrogen-bond donors (Lipinski definition) is 1. The molecule has 3 aromatic rings. The first-order valence-corrected chi connectivity index (χ1v) is 12.6. The summed E-state index contributed by atoms with van der Waals surface area (Å²) in [6.07, 6.45) is 1.32. The molecule has 10 heteroatoms. The highest BCUT2D eigenvalue weighted by Crippen LogP contribution is 2.47. The van der Waals surface area contributed by atoms with Gasteiger partial charge in [0.2, 0.25) is 5.91 Å². The molecule has 3 heterocycles. The number of piperazine rings is 1. The van der Waals surface area contributed by atoms with Crippen LogP contribution in [0.2, 0.25) is 10.0 Å². The normalized spacial score (nSPS) is 17.8. The second-order valence-corrected chi connectivity index (χ2v) is 10.3. The number of phenolic OH excluding ortho intramolecular Hbond substituents is 1. The minimum atomic E-state index is -0.323. The first-order valence-electron chi connectivity index (χ1n) is 10.9. The van der Waals surface area contributed by atoms with Gasteiger partial charge < -0.3 is 14.9 Å². The number of hydrogen-bond acceptors (Lipinski definition) is 6. The fraction of sp³-hybridized carbons (Fsp3) is 0.292. The third-order valence-corrected chi connectivity index (χ3v) is 8.02. The van der Waals surface area contributed by atoms with Crippen LogP contribution in [-0.2, 0) is 11.3 Å². The van der Waals surface area contributed by atoms with E-state index in [1.54, 1.807) is 33.4 Å². The van der Waals surface area contributed by atoms with Gasteiger partial charge in [-0.2, -0.15) is 4.98 Å². The van der Waals surface area contributed by atoms with E-state index in [1.807, 2.05) is 13.0 Å². The summed E-state index contributed by atoms with van der Waals surface area (Å²) in [4.78, 5) is 34.3. The maximum absolute atomic E-state index is 13.1. The van der Waals surface area contributed by atoms with Gasteiger partial charge in [-0.25, -0.2) is 4.79 Å². The highest BCUT2D eigenvalue weighted by molar-refractivity contribution is 7.99. The maximum Gasteiger partial charge on any atom is 0.350 e. The summed E-state index contributed by atoms with van der Waals surface area (Å²) in [7, 11) is 0. The summed E-state index contributed by atoms with van der Waals surface area (Å²) < 4.78 is 1.68. The molecule has 1 N–H and O–H groups in total. The first kappa shape index (κ1) is 23.1. The van der Waals surface area contributed by atoms with Crippen molar-refractivity contribution >= 4 is 57.6 Å². The molecule has 0 spiro atoms. The molecule has 0 saturated carbocycles. The number of aromatic hydroxyl groups is 1. The zero-order valence-electron chi connectivity index (χ0n) is 18.4. The molecule has 1 aromatic heterocycles. The lowest BCUT2D eigenvalue weighted by Gasteiger charge is -2.40. The van der Waals surface area contributed by atoms with Crippen LogP contribution in [-0.4, -0.2) is 56.9 Å². The molecule has 0 unspecified atom stereocenters. The van der Waals surface area contributed by atoms with Crippen molar-refractivity contribution in [1.82, 2.24) is 14.5 Å². The van der Waals surface area contributed by atoms with Crippen LogP contribution in [0.1, 0.15) is 6.92 Å². The second kappa shape index (κ2) is 8.83. The molecule has 1 saturated heterocycles. The fourth-order valence-corrected chi connectivity index (χ4v) is 6.50. The molecular weight excluding hydrogens is 495 g/mol. The number of nitrogens with zero attached hydrogens (tertiary/aromatic N) is 4. The summed E-state index contributed by atoms with van der Waals surface area (Å²) >= 11 is 14.9. The number of amides is 1. The van der Waals surface area contributed by atoms with Gasteiger partial charge in [0.05, 0.1) is 10.5 Å². The van der Waals surface area contributed by atoms with Crippen LogP contribution in [0, 0.1) is 0 Å². The summed E-state index contributed by atoms with van der Waals surface area (Å²) in [5.41, 5.74) is 1.75. The predicted molar refractivity (Wildman–Crippen MR) is 137 cm³/mol. The Bertz CT molecular complexity index is 1410. The standard InChI is InChI=1S/C24H22Cl2N4O3S/c1-3-19(32)28-6-7-29(13(2)12-28)23-16-11-18(26)20(15-10-14(31)4-5-17(15)25)22-21(16)30(8-9-34-22)24(33)27-23/h3-5,10-11,13,31H,1,6-9,12H2,2H3/t13-/m0/s1. The van der Waals surface area contributed by atoms with E-state index in [9.17, 15) is 14.7 Å². The molecule has 7 nitrogen and oxygen atoms in total. The number of aryl methyl sites for hydroxylation is 1. The van der Waals surface area contributed by atoms with Gasteiger partial charge in [-0.1, -0.05) is 29.8 Å². The average Bonchev–Trinajstić information content (AvgIpc) is 2.82. The minimum absolute atomic E-state index is 0.0541. The van der Waals surface area contributed by atoms with Crippen molar-refractivity contribution < 1.29 is 9.90 Å². The highest BCUT2D eigenvalue weighted by Gasteiger charge is 2.31. The minimum Gasteiger partial charge on any atom is -0.508 e. The average molecular weight is 517 g/mol. The Morgan fingerprint density at radius 3 is 2.76 bits per heavy atom. The van der Waals surface area contributed by atoms with Gasteiger partial charge in [0, 0.05) is 64.4 Å². The Balaban J connectivity index is 1.72. The number of benzene rings is 2. The molecule has 2 aliphatic rings. The summed E-state index contributed by atoms with van der Waals surface area (Å²) in [6, 6.07) is 6.51. The van der Waals surface area contributed by atoms with Crippen molar-refractivity contribution in [2.24, 2.45) is 0 Å². The summed E-state index contributed by atoms with van der Waals surface area (Å²) in [5, 5.41) is 11.8. The highest BCUT2D eigenvalue weighted by atomic mass is 35.5. The Morgan fingerprint density at radius 2 is 2.03 bits per heavy atom. The van der Waals surface area contributed by atoms with Crippen LogP contribution in [0.3, 0.4) is 0 Å². The maximum atomic E-state index is 13.1. The zero-order valence-corrected chi connectivity index (χ0v) is 20.8. The number of carbonyl (C=O) groups is 1. The molecule has 1 amide bonds. The van der Waals surface area contributed by atoms with Gasteiger partial charge in [0.25, 0.3) is 0 Å². The molecule has 34 heavy (non-hydrogen) atoms. The predicted octanol–water partition coefficient (Wildman–Crippen LogP) is 4.40. The number of halogens is 2. The number of thioether (sulfide) groups is 1. The van der Waals surface area contributed by atoms with Gasteiger partial charge >= 0.3 is 5.69 Å². The fourth-order valence-electron chi connectivity index (χ4n) is 4.72. The number of anilines is 1. The van der Waals surface area contributed by atoms with E-state index >= 15 is 0 Å². The molecule has 0 radical (unpaired) electrons. The molecule has 5 rings (SSSR count). The molecule has 0 aliphatic carbocycles. The number of aromatic nitrogens is 2. The van der Waals surface area contributed by atoms with Crippen molar-refractivity contribution in [2.45, 2.75) is 24.4 Å². The Kier molecular flexibility index (Phi) is 6.00. The monoisotopic (exact) mass is 516 g/mol. The molecule has 2 aromatic carbocycles. The van der Waals surface area contributed by atoms with Crippen LogP contribution in [0.25, 0.3) is 22.0 Å². The van der Waals surface area contributed by atoms with Crippen molar-refractivity contribution in [3.8, 4) is 16.9 Å². The number of carbonyl (C=O) groups excluding carboxylic acids is 1. The van der Waals surface area contributed by atoms with Gasteiger partial charge in [0.1, 0.15) is 11.6 Å². The Labute approximate surface area is 210 Å². The zero-order chi connectivity index (χ0) is 24.1. The van der Waals surface area contributed by atoms with E-state index in [1.165, 1.54) is 12.1 Å². The summed E-state index contributed by atoms with van der Waals surface area (Å²) in [6.45, 7) is 7.66. The van der Waals surface area contributed by atoms with Gasteiger partial charge in [0.15, 0.2) is 0 Å². The quantitative estimate of drug-likeness (QED) is 0.519. The number of phenols is 1. The van der Waals surface area contributed by atoms with Crippen molar-refractivity contribution in [3.63, 3.8) is 0 Å².